The second-order valence-electron chi connectivity index (χ2n) is 13.5. The van der Waals surface area contributed by atoms with E-state index in [0.29, 0.717) is 17.5 Å². The van der Waals surface area contributed by atoms with Gasteiger partial charge in [-0.1, -0.05) is 164 Å². The van der Waals surface area contributed by atoms with Gasteiger partial charge in [-0.3, -0.25) is 0 Å². The van der Waals surface area contributed by atoms with Crippen LogP contribution in [0.25, 0.3) is 89.1 Å². The molecular formula is C49H33N3O. The van der Waals surface area contributed by atoms with Crippen LogP contribution in [0, 0.1) is 0 Å². The summed E-state index contributed by atoms with van der Waals surface area (Å²) in [6.07, 6.45) is 6.42. The molecule has 250 valence electrons. The molecular weight excluding hydrogens is 647 g/mol. The molecule has 0 saturated heterocycles. The van der Waals surface area contributed by atoms with Crippen LogP contribution in [0.5, 0.6) is 0 Å². The minimum Gasteiger partial charge on any atom is -0.455 e. The molecule has 10 rings (SSSR count). The van der Waals surface area contributed by atoms with Gasteiger partial charge in [0.05, 0.1) is 0 Å². The lowest BCUT2D eigenvalue weighted by molar-refractivity contribution is 0.667. The number of aromatic nitrogens is 3. The summed E-state index contributed by atoms with van der Waals surface area (Å²) in [4.78, 5) is 15.3. The number of benzene rings is 7. The Morgan fingerprint density at radius 2 is 0.906 bits per heavy atom. The molecule has 0 bridgehead atoms. The summed E-state index contributed by atoms with van der Waals surface area (Å²) in [6, 6.07) is 56.8. The highest BCUT2D eigenvalue weighted by atomic mass is 16.3. The van der Waals surface area contributed by atoms with Gasteiger partial charge in [0.15, 0.2) is 17.5 Å². The van der Waals surface area contributed by atoms with E-state index >= 15 is 0 Å². The average Bonchev–Trinajstić information content (AvgIpc) is 3.64. The van der Waals surface area contributed by atoms with Gasteiger partial charge in [-0.25, -0.2) is 15.0 Å². The monoisotopic (exact) mass is 679 g/mol. The second-order valence-corrected chi connectivity index (χ2v) is 13.5. The Kier molecular flexibility index (Phi) is 7.58. The molecule has 1 aliphatic carbocycles. The number of rotatable bonds is 6. The number of nitrogens with zero attached hydrogens (tertiary/aromatic N) is 3. The Labute approximate surface area is 307 Å². The van der Waals surface area contributed by atoms with E-state index in [0.717, 1.165) is 62.6 Å². The Balaban J connectivity index is 1.12. The van der Waals surface area contributed by atoms with Crippen LogP contribution in [0.2, 0.25) is 0 Å². The van der Waals surface area contributed by atoms with Crippen LogP contribution >= 0.6 is 0 Å². The fraction of sp³-hybridized carbons (Fsp3) is 0.0408. The van der Waals surface area contributed by atoms with E-state index in [1.54, 1.807) is 0 Å². The lowest BCUT2D eigenvalue weighted by atomic mass is 9.87. The minimum absolute atomic E-state index is 0.611. The minimum atomic E-state index is 0.611. The molecule has 0 amide bonds. The van der Waals surface area contributed by atoms with Gasteiger partial charge in [-0.15, -0.1) is 0 Å². The van der Waals surface area contributed by atoms with Crippen LogP contribution < -0.4 is 0 Å². The van der Waals surface area contributed by atoms with Crippen molar-refractivity contribution in [2.75, 3.05) is 0 Å². The summed E-state index contributed by atoms with van der Waals surface area (Å²) in [5.41, 5.74) is 11.8. The molecule has 0 aliphatic heterocycles. The van der Waals surface area contributed by atoms with Crippen LogP contribution in [-0.2, 0) is 0 Å². The molecule has 0 spiro atoms. The fourth-order valence-electron chi connectivity index (χ4n) is 7.64. The van der Waals surface area contributed by atoms with Crippen molar-refractivity contribution in [3.05, 3.63) is 187 Å². The van der Waals surface area contributed by atoms with Gasteiger partial charge in [0, 0.05) is 33.0 Å². The van der Waals surface area contributed by atoms with Crippen LogP contribution in [0.15, 0.2) is 180 Å². The molecule has 2 aromatic heterocycles. The molecule has 4 nitrogen and oxygen atoms in total. The zero-order valence-corrected chi connectivity index (χ0v) is 28.9. The van der Waals surface area contributed by atoms with Crippen LogP contribution in [0.3, 0.4) is 0 Å². The molecule has 7 aromatic carbocycles. The first-order valence-corrected chi connectivity index (χ1v) is 18.1. The highest BCUT2D eigenvalue weighted by Crippen LogP contribution is 2.43. The Hall–Kier alpha value is -6.91. The molecule has 1 aliphatic rings. The quantitative estimate of drug-likeness (QED) is 0.175. The van der Waals surface area contributed by atoms with Crippen molar-refractivity contribution in [1.82, 2.24) is 15.0 Å². The summed E-state index contributed by atoms with van der Waals surface area (Å²) < 4.78 is 6.72. The summed E-state index contributed by atoms with van der Waals surface area (Å²) >= 11 is 0. The smallest absolute Gasteiger partial charge is 0.164 e. The Bertz CT molecular complexity index is 2860. The van der Waals surface area contributed by atoms with Crippen molar-refractivity contribution in [1.29, 1.82) is 0 Å². The predicted molar refractivity (Wildman–Crippen MR) is 218 cm³/mol. The number of para-hydroxylation sites is 1. The lowest BCUT2D eigenvalue weighted by Crippen LogP contribution is -2.01. The van der Waals surface area contributed by atoms with Crippen molar-refractivity contribution < 1.29 is 4.42 Å². The molecule has 4 heteroatoms. The number of hydrogen-bond acceptors (Lipinski definition) is 4. The Morgan fingerprint density at radius 3 is 1.64 bits per heavy atom. The fourth-order valence-corrected chi connectivity index (χ4v) is 7.64. The number of hydrogen-bond donors (Lipinski definition) is 0. The van der Waals surface area contributed by atoms with Crippen LogP contribution in [0.4, 0.5) is 0 Å². The van der Waals surface area contributed by atoms with E-state index in [9.17, 15) is 0 Å². The first-order chi connectivity index (χ1) is 26.3. The van der Waals surface area contributed by atoms with Gasteiger partial charge >= 0.3 is 0 Å². The van der Waals surface area contributed by atoms with E-state index in [4.69, 9.17) is 19.4 Å². The lowest BCUT2D eigenvalue weighted by Gasteiger charge is -2.18. The van der Waals surface area contributed by atoms with Crippen molar-refractivity contribution in [3.63, 3.8) is 0 Å². The third kappa shape index (κ3) is 5.62. The van der Waals surface area contributed by atoms with E-state index in [1.807, 2.05) is 48.5 Å². The van der Waals surface area contributed by atoms with E-state index in [-0.39, 0.29) is 0 Å². The van der Waals surface area contributed by atoms with Crippen molar-refractivity contribution in [2.24, 2.45) is 0 Å². The normalized spacial score (nSPS) is 13.0. The number of allylic oxidation sites excluding steroid dienone is 4. The third-order valence-corrected chi connectivity index (χ3v) is 10.3. The maximum Gasteiger partial charge on any atom is 0.164 e. The molecule has 0 N–H and O–H groups in total. The van der Waals surface area contributed by atoms with Crippen molar-refractivity contribution in [3.8, 4) is 45.3 Å². The van der Waals surface area contributed by atoms with Gasteiger partial charge in [-0.2, -0.15) is 0 Å². The van der Waals surface area contributed by atoms with Gasteiger partial charge < -0.3 is 4.42 Å². The van der Waals surface area contributed by atoms with E-state index in [2.05, 4.69) is 127 Å². The maximum absolute atomic E-state index is 6.72. The molecule has 0 saturated carbocycles. The summed E-state index contributed by atoms with van der Waals surface area (Å²) in [5, 5.41) is 4.61. The molecule has 0 fully saturated rings. The van der Waals surface area contributed by atoms with Crippen molar-refractivity contribution in [2.45, 2.75) is 12.8 Å². The number of fused-ring (bicyclic) bond motifs is 4. The molecule has 0 radical (unpaired) electrons. The average molecular weight is 680 g/mol. The molecule has 2 heterocycles. The SMILES string of the molecule is C1=C(c2cccc3ccccc23)CCC(c2ccc(-c3nc(-c4ccccc4)nc(-c4ccc(-c5ccccc5)cc4)n3)c3c2oc2ccccc23)=C1. The largest absolute Gasteiger partial charge is 0.455 e. The molecule has 0 atom stereocenters. The zero-order chi connectivity index (χ0) is 35.1. The van der Waals surface area contributed by atoms with E-state index < -0.39 is 0 Å². The third-order valence-electron chi connectivity index (χ3n) is 10.3. The van der Waals surface area contributed by atoms with Gasteiger partial charge in [0.25, 0.3) is 0 Å². The predicted octanol–water partition coefficient (Wildman–Crippen LogP) is 12.9. The zero-order valence-electron chi connectivity index (χ0n) is 28.9. The highest BCUT2D eigenvalue weighted by Gasteiger charge is 2.22. The first kappa shape index (κ1) is 30.9. The standard InChI is InChI=1S/C49H33N3O/c1-3-12-32(13-4-1)33-22-28-38(29-23-33)48-50-47(37-15-5-2-6-16-37)51-49(52-48)43-31-30-41(46-45(43)42-19-9-10-21-44(42)53-46)36-26-24-35(25-27-36)40-20-11-17-34-14-7-8-18-39(34)40/h1-24,26,28-31H,25,27H2. The topological polar surface area (TPSA) is 51.8 Å². The highest BCUT2D eigenvalue weighted by molar-refractivity contribution is 6.14. The summed E-state index contributed by atoms with van der Waals surface area (Å²) in [6.45, 7) is 0. The molecule has 9 aromatic rings. The molecule has 53 heavy (non-hydrogen) atoms. The maximum atomic E-state index is 6.72. The van der Waals surface area contributed by atoms with E-state index in [1.165, 1.54) is 33.0 Å². The van der Waals surface area contributed by atoms with Crippen LogP contribution in [-0.4, -0.2) is 15.0 Å². The summed E-state index contributed by atoms with van der Waals surface area (Å²) in [5.74, 6) is 1.86. The summed E-state index contributed by atoms with van der Waals surface area (Å²) in [7, 11) is 0. The van der Waals surface area contributed by atoms with Gasteiger partial charge in [-0.05, 0) is 63.6 Å². The van der Waals surface area contributed by atoms with Gasteiger partial charge in [0.2, 0.25) is 0 Å². The van der Waals surface area contributed by atoms with Gasteiger partial charge in [0.1, 0.15) is 11.2 Å². The van der Waals surface area contributed by atoms with Crippen molar-refractivity contribution >= 4 is 43.9 Å². The number of furan rings is 1. The second kappa shape index (κ2) is 13.0. The molecule has 0 unspecified atom stereocenters. The Morgan fingerprint density at radius 1 is 0.377 bits per heavy atom. The van der Waals surface area contributed by atoms with Crippen LogP contribution in [0.1, 0.15) is 24.0 Å². The first-order valence-electron chi connectivity index (χ1n) is 18.1.